The van der Waals surface area contributed by atoms with E-state index in [1.54, 1.807) is 11.9 Å². The number of benzene rings is 2. The molecule has 1 aromatic heterocycles. The lowest BCUT2D eigenvalue weighted by molar-refractivity contribution is 0.645. The summed E-state index contributed by atoms with van der Waals surface area (Å²) >= 11 is 1.64. The van der Waals surface area contributed by atoms with Crippen molar-refractivity contribution in [3.05, 3.63) is 65.9 Å². The summed E-state index contributed by atoms with van der Waals surface area (Å²) in [5, 5.41) is 4.60. The quantitative estimate of drug-likeness (QED) is 0.717. The van der Waals surface area contributed by atoms with Crippen LogP contribution in [0.15, 0.2) is 59.6 Å². The normalized spacial score (nSPS) is 13.8. The minimum atomic E-state index is 0.964. The second kappa shape index (κ2) is 5.99. The molecule has 0 aliphatic carbocycles. The molecule has 0 spiro atoms. The van der Waals surface area contributed by atoms with Gasteiger partial charge >= 0.3 is 0 Å². The molecule has 3 nitrogen and oxygen atoms in total. The van der Waals surface area contributed by atoms with Gasteiger partial charge in [0.2, 0.25) is 0 Å². The zero-order chi connectivity index (χ0) is 14.8. The SMILES string of the molecule is c1cc2c(c(NSc3cccc4cccnc34)c1)CCNC2. The third-order valence-corrected chi connectivity index (χ3v) is 4.88. The lowest BCUT2D eigenvalue weighted by Gasteiger charge is -2.20. The van der Waals surface area contributed by atoms with Crippen molar-refractivity contribution >= 4 is 28.5 Å². The Bertz CT molecular complexity index is 811. The molecule has 0 fully saturated rings. The molecule has 2 N–H and O–H groups in total. The molecule has 4 rings (SSSR count). The van der Waals surface area contributed by atoms with Crippen molar-refractivity contribution in [2.75, 3.05) is 11.3 Å². The molecule has 0 bridgehead atoms. The number of para-hydroxylation sites is 1. The predicted octanol–water partition coefficient (Wildman–Crippen LogP) is 4.00. The van der Waals surface area contributed by atoms with Crippen LogP contribution in [-0.2, 0) is 13.0 Å². The number of aromatic nitrogens is 1. The Morgan fingerprint density at radius 1 is 1.05 bits per heavy atom. The molecule has 110 valence electrons. The second-order valence-electron chi connectivity index (χ2n) is 5.41. The van der Waals surface area contributed by atoms with E-state index in [4.69, 9.17) is 0 Å². The standard InChI is InChI=1S/C18H17N3S/c1-5-14-12-19-11-9-15(14)16(7-1)21-22-17-8-2-4-13-6-3-10-20-18(13)17/h1-8,10,19,21H,9,11-12H2. The van der Waals surface area contributed by atoms with Crippen LogP contribution in [-0.4, -0.2) is 11.5 Å². The van der Waals surface area contributed by atoms with Gasteiger partial charge < -0.3 is 10.0 Å². The smallest absolute Gasteiger partial charge is 0.0855 e. The number of anilines is 1. The van der Waals surface area contributed by atoms with E-state index in [9.17, 15) is 0 Å². The summed E-state index contributed by atoms with van der Waals surface area (Å²) in [6, 6.07) is 16.9. The summed E-state index contributed by atoms with van der Waals surface area (Å²) in [6.07, 6.45) is 2.93. The van der Waals surface area contributed by atoms with Crippen LogP contribution < -0.4 is 10.0 Å². The van der Waals surface area contributed by atoms with Crippen molar-refractivity contribution in [3.63, 3.8) is 0 Å². The maximum atomic E-state index is 4.51. The monoisotopic (exact) mass is 307 g/mol. The Balaban J connectivity index is 1.62. The van der Waals surface area contributed by atoms with E-state index in [0.717, 1.165) is 29.9 Å². The molecule has 0 radical (unpaired) electrons. The predicted molar refractivity (Wildman–Crippen MR) is 93.1 cm³/mol. The van der Waals surface area contributed by atoms with Gasteiger partial charge in [0.05, 0.1) is 10.4 Å². The zero-order valence-corrected chi connectivity index (χ0v) is 13.0. The number of pyridine rings is 1. The summed E-state index contributed by atoms with van der Waals surface area (Å²) in [5.74, 6) is 0. The highest BCUT2D eigenvalue weighted by Crippen LogP contribution is 2.30. The number of hydrogen-bond donors (Lipinski definition) is 2. The largest absolute Gasteiger partial charge is 0.325 e. The lowest BCUT2D eigenvalue weighted by atomic mass is 9.99. The van der Waals surface area contributed by atoms with Crippen molar-refractivity contribution in [2.45, 2.75) is 17.9 Å². The molecule has 2 aromatic carbocycles. The summed E-state index contributed by atoms with van der Waals surface area (Å²) in [4.78, 5) is 5.67. The highest BCUT2D eigenvalue weighted by Gasteiger charge is 2.12. The van der Waals surface area contributed by atoms with Gasteiger partial charge in [0.25, 0.3) is 0 Å². The molecule has 0 amide bonds. The van der Waals surface area contributed by atoms with Gasteiger partial charge in [-0.05, 0) is 54.2 Å². The van der Waals surface area contributed by atoms with Crippen LogP contribution >= 0.6 is 11.9 Å². The molecular weight excluding hydrogens is 290 g/mol. The van der Waals surface area contributed by atoms with Gasteiger partial charge in [-0.2, -0.15) is 0 Å². The Morgan fingerprint density at radius 2 is 1.95 bits per heavy atom. The summed E-state index contributed by atoms with van der Waals surface area (Å²) < 4.78 is 3.53. The van der Waals surface area contributed by atoms with Crippen LogP contribution in [0.2, 0.25) is 0 Å². The van der Waals surface area contributed by atoms with E-state index in [0.29, 0.717) is 0 Å². The zero-order valence-electron chi connectivity index (χ0n) is 12.2. The van der Waals surface area contributed by atoms with Crippen LogP contribution in [0.4, 0.5) is 5.69 Å². The maximum Gasteiger partial charge on any atom is 0.0855 e. The van der Waals surface area contributed by atoms with Gasteiger partial charge in [0.15, 0.2) is 0 Å². The molecular formula is C18H17N3S. The number of fused-ring (bicyclic) bond motifs is 2. The third-order valence-electron chi connectivity index (χ3n) is 4.01. The van der Waals surface area contributed by atoms with Gasteiger partial charge in [-0.25, -0.2) is 0 Å². The average Bonchev–Trinajstić information content (AvgIpc) is 2.60. The molecule has 1 aliphatic heterocycles. The Morgan fingerprint density at radius 3 is 2.95 bits per heavy atom. The van der Waals surface area contributed by atoms with Crippen LogP contribution in [0.1, 0.15) is 11.1 Å². The van der Waals surface area contributed by atoms with E-state index in [-0.39, 0.29) is 0 Å². The molecule has 1 aliphatic rings. The molecule has 0 unspecified atom stereocenters. The average molecular weight is 307 g/mol. The first-order valence-electron chi connectivity index (χ1n) is 7.50. The van der Waals surface area contributed by atoms with Gasteiger partial charge in [0, 0.05) is 23.8 Å². The minimum absolute atomic E-state index is 0.964. The molecule has 0 atom stereocenters. The van der Waals surface area contributed by atoms with Crippen LogP contribution in [0, 0.1) is 0 Å². The van der Waals surface area contributed by atoms with E-state index < -0.39 is 0 Å². The van der Waals surface area contributed by atoms with Crippen LogP contribution in [0.5, 0.6) is 0 Å². The molecule has 22 heavy (non-hydrogen) atoms. The maximum absolute atomic E-state index is 4.51. The van der Waals surface area contributed by atoms with Crippen molar-refractivity contribution in [2.24, 2.45) is 0 Å². The summed E-state index contributed by atoms with van der Waals surface area (Å²) in [6.45, 7) is 2.01. The summed E-state index contributed by atoms with van der Waals surface area (Å²) in [5.41, 5.74) is 5.10. The highest BCUT2D eigenvalue weighted by atomic mass is 32.2. The Hall–Kier alpha value is -2.04. The molecule has 0 saturated carbocycles. The van der Waals surface area contributed by atoms with Crippen molar-refractivity contribution in [3.8, 4) is 0 Å². The number of nitrogens with one attached hydrogen (secondary N) is 2. The van der Waals surface area contributed by atoms with Crippen LogP contribution in [0.3, 0.4) is 0 Å². The van der Waals surface area contributed by atoms with E-state index in [2.05, 4.69) is 57.5 Å². The third kappa shape index (κ3) is 2.56. The number of rotatable bonds is 3. The fourth-order valence-corrected chi connectivity index (χ4v) is 3.72. The van der Waals surface area contributed by atoms with Crippen molar-refractivity contribution < 1.29 is 0 Å². The van der Waals surface area contributed by atoms with E-state index in [1.807, 2.05) is 12.3 Å². The van der Waals surface area contributed by atoms with E-state index >= 15 is 0 Å². The highest BCUT2D eigenvalue weighted by molar-refractivity contribution is 8.00. The minimum Gasteiger partial charge on any atom is -0.325 e. The van der Waals surface area contributed by atoms with Crippen LogP contribution in [0.25, 0.3) is 10.9 Å². The van der Waals surface area contributed by atoms with Crippen molar-refractivity contribution in [1.82, 2.24) is 10.3 Å². The summed E-state index contributed by atoms with van der Waals surface area (Å²) in [7, 11) is 0. The van der Waals surface area contributed by atoms with Gasteiger partial charge in [-0.1, -0.05) is 30.3 Å². The lowest BCUT2D eigenvalue weighted by Crippen LogP contribution is -2.24. The second-order valence-corrected chi connectivity index (χ2v) is 6.25. The van der Waals surface area contributed by atoms with Crippen molar-refractivity contribution in [1.29, 1.82) is 0 Å². The first-order chi connectivity index (χ1) is 10.9. The fraction of sp³-hybridized carbons (Fsp3) is 0.167. The van der Waals surface area contributed by atoms with E-state index in [1.165, 1.54) is 22.2 Å². The van der Waals surface area contributed by atoms with Gasteiger partial charge in [-0.3, -0.25) is 4.98 Å². The molecule has 0 saturated heterocycles. The first kappa shape index (κ1) is 13.6. The molecule has 2 heterocycles. The number of hydrogen-bond acceptors (Lipinski definition) is 4. The van der Waals surface area contributed by atoms with Gasteiger partial charge in [-0.15, -0.1) is 0 Å². The number of nitrogens with zero attached hydrogens (tertiary/aromatic N) is 1. The Kier molecular flexibility index (Phi) is 3.70. The fourth-order valence-electron chi connectivity index (χ4n) is 2.90. The molecule has 3 aromatic rings. The Labute approximate surface area is 134 Å². The molecule has 4 heteroatoms. The topological polar surface area (TPSA) is 37.0 Å². The first-order valence-corrected chi connectivity index (χ1v) is 8.31. The van der Waals surface area contributed by atoms with Gasteiger partial charge in [0.1, 0.15) is 0 Å².